The number of hydrogen-bond acceptors (Lipinski definition) is 4. The van der Waals surface area contributed by atoms with Crippen LogP contribution in [0.2, 0.25) is 0 Å². The minimum absolute atomic E-state index is 0.00635. The first kappa shape index (κ1) is 38.5. The summed E-state index contributed by atoms with van der Waals surface area (Å²) in [5.74, 6) is 5.40. The Morgan fingerprint density at radius 2 is 1.46 bits per heavy atom. The maximum atomic E-state index is 13.2. The summed E-state index contributed by atoms with van der Waals surface area (Å²) in [6.45, 7) is 26.7. The average Bonchev–Trinajstić information content (AvgIpc) is 3.51. The van der Waals surface area contributed by atoms with Gasteiger partial charge in [0.1, 0.15) is 6.10 Å². The third-order valence-corrected chi connectivity index (χ3v) is 13.6. The van der Waals surface area contributed by atoms with Crippen molar-refractivity contribution in [2.24, 2.45) is 57.7 Å². The number of hydrogen-bond donors (Lipinski definition) is 2. The van der Waals surface area contributed by atoms with Gasteiger partial charge in [0.05, 0.1) is 5.56 Å². The predicted molar refractivity (Wildman–Crippen MR) is 199 cm³/mol. The maximum Gasteiger partial charge on any atom is 0.338 e. The fraction of sp³-hybridized carbons (Fsp3) is 0.786. The van der Waals surface area contributed by atoms with Crippen molar-refractivity contribution in [1.29, 1.82) is 0 Å². The molecule has 4 heteroatoms. The highest BCUT2D eigenvalue weighted by Gasteiger charge is 2.78. The summed E-state index contributed by atoms with van der Waals surface area (Å²) >= 11 is 0. The second-order valence-corrected chi connectivity index (χ2v) is 15.6. The van der Waals surface area contributed by atoms with Gasteiger partial charge >= 0.3 is 5.97 Å². The van der Waals surface area contributed by atoms with E-state index in [1.165, 1.54) is 63.4 Å². The fourth-order valence-electron chi connectivity index (χ4n) is 11.9. The molecule has 0 heterocycles. The van der Waals surface area contributed by atoms with Crippen molar-refractivity contribution in [3.05, 3.63) is 35.4 Å². The van der Waals surface area contributed by atoms with Gasteiger partial charge in [0.25, 0.3) is 0 Å². The van der Waals surface area contributed by atoms with Crippen molar-refractivity contribution in [2.75, 3.05) is 11.5 Å². The van der Waals surface area contributed by atoms with Gasteiger partial charge in [0.15, 0.2) is 0 Å². The van der Waals surface area contributed by atoms with Gasteiger partial charge in [-0.3, -0.25) is 0 Å². The molecule has 4 N–H and O–H groups in total. The predicted octanol–water partition coefficient (Wildman–Crippen LogP) is 11.7. The quantitative estimate of drug-likeness (QED) is 0.177. The largest absolute Gasteiger partial charge is 0.458 e. The number of nitrogen functional groups attached to an aromatic ring is 2. The Kier molecular flexibility index (Phi) is 13.0. The van der Waals surface area contributed by atoms with E-state index in [4.69, 9.17) is 16.2 Å². The highest BCUT2D eigenvalue weighted by molar-refractivity contribution is 5.92. The van der Waals surface area contributed by atoms with Gasteiger partial charge in [-0.15, -0.1) is 0 Å². The van der Waals surface area contributed by atoms with Crippen LogP contribution < -0.4 is 11.5 Å². The number of anilines is 2. The Morgan fingerprint density at radius 1 is 0.870 bits per heavy atom. The van der Waals surface area contributed by atoms with Gasteiger partial charge in [-0.2, -0.15) is 0 Å². The van der Waals surface area contributed by atoms with Crippen LogP contribution in [0.4, 0.5) is 11.4 Å². The van der Waals surface area contributed by atoms with E-state index < -0.39 is 0 Å². The Labute approximate surface area is 284 Å². The molecular formula is C42H72N2O2. The average molecular weight is 637 g/mol. The lowest BCUT2D eigenvalue weighted by Gasteiger charge is -2.58. The molecule has 5 aliphatic rings. The van der Waals surface area contributed by atoms with Crippen molar-refractivity contribution in [1.82, 2.24) is 0 Å². The van der Waals surface area contributed by atoms with Gasteiger partial charge in [-0.1, -0.05) is 87.3 Å². The van der Waals surface area contributed by atoms with E-state index in [0.717, 1.165) is 36.0 Å². The second-order valence-electron chi connectivity index (χ2n) is 15.6. The molecule has 5 aliphatic carbocycles. The number of allylic oxidation sites excluding steroid dienone is 2. The molecule has 0 spiro atoms. The zero-order valence-electron chi connectivity index (χ0n) is 32.0. The number of ether oxygens (including phenoxy) is 1. The Hall–Kier alpha value is -1.97. The van der Waals surface area contributed by atoms with Gasteiger partial charge < -0.3 is 16.2 Å². The number of carbonyl (C=O) groups excluding carboxylic acids is 1. The molecule has 0 aliphatic heterocycles. The smallest absolute Gasteiger partial charge is 0.338 e. The van der Waals surface area contributed by atoms with Crippen LogP contribution in [-0.4, -0.2) is 12.1 Å². The van der Waals surface area contributed by atoms with Crippen LogP contribution in [-0.2, 0) is 4.74 Å². The first-order chi connectivity index (χ1) is 21.9. The van der Waals surface area contributed by atoms with E-state index in [1.54, 1.807) is 18.2 Å². The highest BCUT2D eigenvalue weighted by atomic mass is 16.5. The molecule has 0 aromatic heterocycles. The van der Waals surface area contributed by atoms with Gasteiger partial charge in [-0.25, -0.2) is 4.79 Å². The Balaban J connectivity index is 0.000000908. The molecule has 1 aromatic carbocycles. The van der Waals surface area contributed by atoms with Crippen LogP contribution in [0, 0.1) is 57.7 Å². The maximum absolute atomic E-state index is 13.2. The molecule has 1 aromatic rings. The third-order valence-electron chi connectivity index (χ3n) is 13.6. The fourth-order valence-corrected chi connectivity index (χ4v) is 11.9. The van der Waals surface area contributed by atoms with Crippen molar-refractivity contribution in [3.8, 4) is 0 Å². The van der Waals surface area contributed by atoms with Crippen LogP contribution in [0.25, 0.3) is 0 Å². The Morgan fingerprint density at radius 3 is 2.04 bits per heavy atom. The third kappa shape index (κ3) is 6.67. The normalized spacial score (nSPS) is 38.3. The summed E-state index contributed by atoms with van der Waals surface area (Å²) in [6, 6.07) is 5.08. The van der Waals surface area contributed by atoms with E-state index in [-0.39, 0.29) is 17.5 Å². The number of nitrogens with two attached hydrogens (primary N) is 2. The van der Waals surface area contributed by atoms with Crippen LogP contribution >= 0.6 is 0 Å². The number of rotatable bonds is 7. The number of esters is 1. The molecule has 6 rings (SSSR count). The summed E-state index contributed by atoms with van der Waals surface area (Å²) in [4.78, 5) is 13.2. The summed E-state index contributed by atoms with van der Waals surface area (Å²) in [7, 11) is 0. The van der Waals surface area contributed by atoms with Crippen LogP contribution in [0.15, 0.2) is 29.8 Å². The molecule has 0 saturated heterocycles. The summed E-state index contributed by atoms with van der Waals surface area (Å²) in [5.41, 5.74) is 15.9. The minimum Gasteiger partial charge on any atom is -0.458 e. The van der Waals surface area contributed by atoms with E-state index in [1.807, 2.05) is 41.5 Å². The molecule has 0 bridgehead atoms. The lowest BCUT2D eigenvalue weighted by Crippen LogP contribution is -2.51. The number of carbonyl (C=O) groups is 1. The lowest BCUT2D eigenvalue weighted by molar-refractivity contribution is -0.0983. The summed E-state index contributed by atoms with van der Waals surface area (Å²) in [6.07, 6.45) is 15.6. The number of benzene rings is 1. The molecule has 4 nitrogen and oxygen atoms in total. The summed E-state index contributed by atoms with van der Waals surface area (Å²) < 4.78 is 6.32. The first-order valence-corrected chi connectivity index (χ1v) is 19.4. The molecule has 5 fully saturated rings. The van der Waals surface area contributed by atoms with Crippen molar-refractivity contribution in [3.63, 3.8) is 0 Å². The SMILES string of the molecule is CC.CC.CC.CCC(CCC=C(C)C)C1CCC2C3CC4C5C(C)(CCC(OC(=O)c6cc(N)cc(N)c6)C45C)C3CCC12C. The summed E-state index contributed by atoms with van der Waals surface area (Å²) in [5, 5.41) is 0. The molecule has 0 amide bonds. The first-order valence-electron chi connectivity index (χ1n) is 19.4. The van der Waals surface area contributed by atoms with E-state index in [2.05, 4.69) is 47.6 Å². The molecule has 11 atom stereocenters. The Bertz CT molecular complexity index is 1170. The zero-order valence-corrected chi connectivity index (χ0v) is 32.0. The monoisotopic (exact) mass is 637 g/mol. The molecule has 0 radical (unpaired) electrons. The lowest BCUT2D eigenvalue weighted by atomic mass is 9.47. The minimum atomic E-state index is -0.264. The molecule has 46 heavy (non-hydrogen) atoms. The van der Waals surface area contributed by atoms with Gasteiger partial charge in [0, 0.05) is 16.8 Å². The number of fused-ring (bicyclic) bond motifs is 5. The van der Waals surface area contributed by atoms with E-state index >= 15 is 0 Å². The van der Waals surface area contributed by atoms with Crippen molar-refractivity contribution < 1.29 is 9.53 Å². The van der Waals surface area contributed by atoms with E-state index in [9.17, 15) is 4.79 Å². The van der Waals surface area contributed by atoms with Gasteiger partial charge in [-0.05, 0) is 142 Å². The highest BCUT2D eigenvalue weighted by Crippen LogP contribution is 2.82. The molecular weight excluding hydrogens is 564 g/mol. The van der Waals surface area contributed by atoms with Crippen molar-refractivity contribution >= 4 is 17.3 Å². The van der Waals surface area contributed by atoms with Crippen LogP contribution in [0.3, 0.4) is 0 Å². The molecule has 11 unspecified atom stereocenters. The van der Waals surface area contributed by atoms with Crippen LogP contribution in [0.5, 0.6) is 0 Å². The molecule has 262 valence electrons. The molecule has 5 saturated carbocycles. The second kappa shape index (κ2) is 15.5. The van der Waals surface area contributed by atoms with E-state index in [0.29, 0.717) is 39.6 Å². The zero-order chi connectivity index (χ0) is 34.6. The van der Waals surface area contributed by atoms with Crippen LogP contribution in [0.1, 0.15) is 158 Å². The topological polar surface area (TPSA) is 78.3 Å². The van der Waals surface area contributed by atoms with Gasteiger partial charge in [0.2, 0.25) is 0 Å². The van der Waals surface area contributed by atoms with Crippen molar-refractivity contribution in [2.45, 2.75) is 153 Å². The standard InChI is InChI=1S/C36H54N2O2.3C2H6/c1-7-22(10-8-9-21(2)3)27-11-12-28-26-20-30-32-35(5,29(26)13-15-34(27,28)4)16-14-31(36(30,32)6)40-33(39)23-17-24(37)19-25(38)18-23;3*1-2/h9,17-19,22,26-32H,7-8,10-16,20,37-38H2,1-6H3;3*1-2H3.